The van der Waals surface area contributed by atoms with Gasteiger partial charge in [0.25, 0.3) is 0 Å². The molecule has 1 saturated heterocycles. The quantitative estimate of drug-likeness (QED) is 0.320. The Morgan fingerprint density at radius 3 is 2.79 bits per heavy atom. The molecule has 0 bridgehead atoms. The van der Waals surface area contributed by atoms with Crippen LogP contribution in [0.15, 0.2) is 10.4 Å². The van der Waals surface area contributed by atoms with Gasteiger partial charge in [0.2, 0.25) is 0 Å². The maximum atomic E-state index is 11.8. The van der Waals surface area contributed by atoms with Gasteiger partial charge in [-0.3, -0.25) is 9.79 Å². The molecule has 2 heterocycles. The number of halogens is 1. The number of ether oxygens (including phenoxy) is 1. The van der Waals surface area contributed by atoms with Crippen LogP contribution in [-0.2, 0) is 16.1 Å². The molecule has 2 atom stereocenters. The number of aliphatic imine (C=N–C) groups is 1. The Hall–Kier alpha value is -0.900. The summed E-state index contributed by atoms with van der Waals surface area (Å²) in [7, 11) is 3.21. The molecule has 8 heteroatoms. The van der Waals surface area contributed by atoms with E-state index < -0.39 is 0 Å². The Morgan fingerprint density at radius 1 is 1.54 bits per heavy atom. The third kappa shape index (κ3) is 5.05. The number of hydrogen-bond donors (Lipinski definition) is 1. The van der Waals surface area contributed by atoms with Gasteiger partial charge >= 0.3 is 5.97 Å². The summed E-state index contributed by atoms with van der Waals surface area (Å²) in [5.41, 5.74) is 1.02. The van der Waals surface area contributed by atoms with Crippen molar-refractivity contribution in [3.63, 3.8) is 0 Å². The van der Waals surface area contributed by atoms with E-state index in [4.69, 9.17) is 4.74 Å². The van der Waals surface area contributed by atoms with E-state index in [1.807, 2.05) is 0 Å². The van der Waals surface area contributed by atoms with Crippen LogP contribution in [0.25, 0.3) is 0 Å². The number of aromatic nitrogens is 1. The number of guanidine groups is 1. The zero-order chi connectivity index (χ0) is 17.0. The highest BCUT2D eigenvalue weighted by Crippen LogP contribution is 2.24. The molecule has 6 nitrogen and oxygen atoms in total. The van der Waals surface area contributed by atoms with Gasteiger partial charge in [-0.1, -0.05) is 20.8 Å². The number of nitrogens with zero attached hydrogens (tertiary/aromatic N) is 3. The third-order valence-corrected chi connectivity index (χ3v) is 5.31. The summed E-state index contributed by atoms with van der Waals surface area (Å²) >= 11 is 1.69. The van der Waals surface area contributed by atoms with E-state index in [1.54, 1.807) is 18.4 Å². The summed E-state index contributed by atoms with van der Waals surface area (Å²) in [6.07, 6.45) is 0. The molecule has 1 aliphatic heterocycles. The average Bonchev–Trinajstić information content (AvgIpc) is 3.14. The summed E-state index contributed by atoms with van der Waals surface area (Å²) in [4.78, 5) is 22.9. The van der Waals surface area contributed by atoms with E-state index in [-0.39, 0.29) is 41.8 Å². The predicted molar refractivity (Wildman–Crippen MR) is 108 cm³/mol. The Balaban J connectivity index is 0.00000288. The molecular formula is C16H27IN4O2S. The number of likely N-dealkylation sites (tertiary alicyclic amines) is 1. The zero-order valence-corrected chi connectivity index (χ0v) is 18.1. The molecule has 0 aromatic carbocycles. The van der Waals surface area contributed by atoms with E-state index in [0.717, 1.165) is 23.2 Å². The molecule has 136 valence electrons. The topological polar surface area (TPSA) is 66.8 Å². The largest absolute Gasteiger partial charge is 0.469 e. The lowest BCUT2D eigenvalue weighted by Crippen LogP contribution is -2.40. The molecular weight excluding hydrogens is 439 g/mol. The molecule has 1 aromatic heterocycles. The van der Waals surface area contributed by atoms with Crippen molar-refractivity contribution in [1.82, 2.24) is 15.2 Å². The summed E-state index contributed by atoms with van der Waals surface area (Å²) in [5, 5.41) is 6.58. The maximum absolute atomic E-state index is 11.8. The van der Waals surface area contributed by atoms with Crippen LogP contribution in [-0.4, -0.2) is 49.1 Å². The highest BCUT2D eigenvalue weighted by atomic mass is 127. The Morgan fingerprint density at radius 2 is 2.25 bits per heavy atom. The van der Waals surface area contributed by atoms with Crippen LogP contribution in [0.2, 0.25) is 0 Å². The maximum Gasteiger partial charge on any atom is 0.310 e. The van der Waals surface area contributed by atoms with Crippen molar-refractivity contribution >= 4 is 47.2 Å². The summed E-state index contributed by atoms with van der Waals surface area (Å²) in [6.45, 7) is 8.45. The van der Waals surface area contributed by atoms with Crippen molar-refractivity contribution in [2.24, 2.45) is 16.8 Å². The van der Waals surface area contributed by atoms with Gasteiger partial charge in [-0.2, -0.15) is 0 Å². The summed E-state index contributed by atoms with van der Waals surface area (Å²) in [5.74, 6) is 1.28. The van der Waals surface area contributed by atoms with Gasteiger partial charge in [-0.05, 0) is 5.92 Å². The van der Waals surface area contributed by atoms with Gasteiger partial charge < -0.3 is 15.0 Å². The van der Waals surface area contributed by atoms with E-state index in [1.165, 1.54) is 7.11 Å². The Labute approximate surface area is 165 Å². The number of carbonyl (C=O) groups excluding carboxylic acids is 1. The molecule has 0 spiro atoms. The lowest BCUT2D eigenvalue weighted by atomic mass is 9.99. The first-order chi connectivity index (χ1) is 11.0. The van der Waals surface area contributed by atoms with Crippen molar-refractivity contribution in [3.05, 3.63) is 16.1 Å². The number of esters is 1. The second kappa shape index (κ2) is 9.55. The van der Waals surface area contributed by atoms with Crippen molar-refractivity contribution < 1.29 is 9.53 Å². The molecule has 2 rings (SSSR count). The minimum atomic E-state index is -0.142. The van der Waals surface area contributed by atoms with E-state index in [9.17, 15) is 4.79 Å². The standard InChI is InChI=1S/C16H26N4O2S.HI/c1-10(2)14-19-12(9-23-14)6-18-16(17-4)20-7-11(3)13(8-20)15(21)22-5;/h9-11,13H,6-8H2,1-5H3,(H,17,18);1H. The molecule has 1 aliphatic rings. The monoisotopic (exact) mass is 466 g/mol. The minimum absolute atomic E-state index is 0. The molecule has 0 radical (unpaired) electrons. The van der Waals surface area contributed by atoms with Crippen LogP contribution >= 0.6 is 35.3 Å². The number of nitrogens with one attached hydrogen (secondary N) is 1. The van der Waals surface area contributed by atoms with E-state index >= 15 is 0 Å². The predicted octanol–water partition coefficient (Wildman–Crippen LogP) is 2.70. The molecule has 1 N–H and O–H groups in total. The SMILES string of the molecule is CN=C(NCc1csc(C(C)C)n1)N1CC(C)C(C(=O)OC)C1.I. The van der Waals surface area contributed by atoms with Crippen LogP contribution in [0.3, 0.4) is 0 Å². The fourth-order valence-corrected chi connectivity index (χ4v) is 3.60. The molecule has 0 aliphatic carbocycles. The highest BCUT2D eigenvalue weighted by molar-refractivity contribution is 14.0. The van der Waals surface area contributed by atoms with Crippen LogP contribution in [0.5, 0.6) is 0 Å². The number of rotatable bonds is 4. The van der Waals surface area contributed by atoms with Gasteiger partial charge in [0.15, 0.2) is 5.96 Å². The van der Waals surface area contributed by atoms with Crippen LogP contribution in [0.4, 0.5) is 0 Å². The first kappa shape index (κ1) is 21.1. The summed E-state index contributed by atoms with van der Waals surface area (Å²) in [6, 6.07) is 0. The second-order valence-corrected chi connectivity index (χ2v) is 7.13. The lowest BCUT2D eigenvalue weighted by molar-refractivity contribution is -0.145. The lowest BCUT2D eigenvalue weighted by Gasteiger charge is -2.21. The number of carbonyl (C=O) groups is 1. The van der Waals surface area contributed by atoms with Crippen LogP contribution in [0, 0.1) is 11.8 Å². The number of hydrogen-bond acceptors (Lipinski definition) is 5. The smallest absolute Gasteiger partial charge is 0.310 e. The molecule has 2 unspecified atom stereocenters. The van der Waals surface area contributed by atoms with Crippen molar-refractivity contribution in [2.45, 2.75) is 33.2 Å². The number of thiazole rings is 1. The summed E-state index contributed by atoms with van der Waals surface area (Å²) < 4.78 is 4.89. The fraction of sp³-hybridized carbons (Fsp3) is 0.688. The van der Waals surface area contributed by atoms with Crippen LogP contribution < -0.4 is 5.32 Å². The van der Waals surface area contributed by atoms with Crippen LogP contribution in [0.1, 0.15) is 37.4 Å². The Kier molecular flexibility index (Phi) is 8.41. The van der Waals surface area contributed by atoms with Gasteiger partial charge in [0, 0.05) is 31.4 Å². The fourth-order valence-electron chi connectivity index (χ4n) is 2.77. The first-order valence-corrected chi connectivity index (χ1v) is 8.82. The van der Waals surface area contributed by atoms with Gasteiger partial charge in [0.05, 0.1) is 30.3 Å². The van der Waals surface area contributed by atoms with Gasteiger partial charge in [-0.15, -0.1) is 35.3 Å². The molecule has 0 amide bonds. The molecule has 1 aromatic rings. The zero-order valence-electron chi connectivity index (χ0n) is 14.9. The number of methoxy groups -OCH3 is 1. The van der Waals surface area contributed by atoms with E-state index in [0.29, 0.717) is 19.0 Å². The molecule has 24 heavy (non-hydrogen) atoms. The van der Waals surface area contributed by atoms with Crippen molar-refractivity contribution in [1.29, 1.82) is 0 Å². The van der Waals surface area contributed by atoms with Gasteiger partial charge in [-0.25, -0.2) is 4.98 Å². The van der Waals surface area contributed by atoms with Gasteiger partial charge in [0.1, 0.15) is 0 Å². The van der Waals surface area contributed by atoms with Crippen molar-refractivity contribution in [2.75, 3.05) is 27.2 Å². The average molecular weight is 466 g/mol. The third-order valence-electron chi connectivity index (χ3n) is 4.12. The normalized spacial score (nSPS) is 20.9. The minimum Gasteiger partial charge on any atom is -0.469 e. The Bertz CT molecular complexity index is 576. The first-order valence-electron chi connectivity index (χ1n) is 7.94. The molecule has 0 saturated carbocycles. The molecule has 1 fully saturated rings. The highest BCUT2D eigenvalue weighted by Gasteiger charge is 2.36. The second-order valence-electron chi connectivity index (χ2n) is 6.24. The van der Waals surface area contributed by atoms with E-state index in [2.05, 4.69) is 46.3 Å². The van der Waals surface area contributed by atoms with Crippen molar-refractivity contribution in [3.8, 4) is 0 Å².